The molecule has 0 unspecified atom stereocenters. The molecule has 144 valence electrons. The molecule has 0 aromatic carbocycles. The van der Waals surface area contributed by atoms with E-state index in [0.717, 1.165) is 49.6 Å². The van der Waals surface area contributed by atoms with Gasteiger partial charge in [-0.05, 0) is 40.9 Å². The Kier molecular flexibility index (Phi) is 20.2. The largest absolute Gasteiger partial charge is 1.00 e. The van der Waals surface area contributed by atoms with Crippen LogP contribution in [0.2, 0.25) is 0 Å². The van der Waals surface area contributed by atoms with Gasteiger partial charge in [-0.1, -0.05) is 0 Å². The van der Waals surface area contributed by atoms with Gasteiger partial charge in [0.05, 0.1) is 39.7 Å². The molecule has 1 aliphatic rings. The maximum atomic E-state index is 4.45. The number of quaternary nitrogens is 1. The lowest BCUT2D eigenvalue weighted by atomic mass is 10.3. The number of hydrogen-bond donors (Lipinski definition) is 1. The summed E-state index contributed by atoms with van der Waals surface area (Å²) in [6.07, 6.45) is 2.29. The van der Waals surface area contributed by atoms with Crippen LogP contribution in [0.5, 0.6) is 0 Å². The van der Waals surface area contributed by atoms with E-state index in [2.05, 4.69) is 66.3 Å². The molecule has 0 atom stereocenters. The molecule has 0 aromatic rings. The van der Waals surface area contributed by atoms with Crippen molar-refractivity contribution in [3.63, 3.8) is 0 Å². The fraction of sp³-hybridized carbons (Fsp3) is 0.875. The quantitative estimate of drug-likeness (QED) is 0.363. The SMILES string of the molecule is CCN=C=NCCCN(C)C.CCNC1=NCCC[N+]1(C)C.Cl.[Cl-]. The number of halogens is 2. The summed E-state index contributed by atoms with van der Waals surface area (Å²) in [7, 11) is 8.51. The van der Waals surface area contributed by atoms with Crippen LogP contribution < -0.4 is 17.7 Å². The van der Waals surface area contributed by atoms with Gasteiger partial charge in [0.25, 0.3) is 5.96 Å². The second-order valence-corrected chi connectivity index (χ2v) is 6.11. The third-order valence-corrected chi connectivity index (χ3v) is 3.22. The summed E-state index contributed by atoms with van der Waals surface area (Å²) in [5, 5.41) is 3.30. The highest BCUT2D eigenvalue weighted by Crippen LogP contribution is 2.06. The fourth-order valence-electron chi connectivity index (χ4n) is 2.01. The Labute approximate surface area is 160 Å². The average molecular weight is 383 g/mol. The first-order chi connectivity index (χ1) is 10.4. The number of guanidine groups is 1. The maximum Gasteiger partial charge on any atom is 0.297 e. The van der Waals surface area contributed by atoms with Gasteiger partial charge in [0.1, 0.15) is 0 Å². The lowest BCUT2D eigenvalue weighted by molar-refractivity contribution is -0.804. The second-order valence-electron chi connectivity index (χ2n) is 6.11. The van der Waals surface area contributed by atoms with Crippen LogP contribution in [0.1, 0.15) is 26.7 Å². The first-order valence-corrected chi connectivity index (χ1v) is 8.28. The summed E-state index contributed by atoms with van der Waals surface area (Å²) < 4.78 is 0.911. The van der Waals surface area contributed by atoms with Crippen molar-refractivity contribution in [3.05, 3.63) is 0 Å². The molecule has 0 aromatic heterocycles. The van der Waals surface area contributed by atoms with E-state index in [1.54, 1.807) is 0 Å². The molecule has 24 heavy (non-hydrogen) atoms. The van der Waals surface area contributed by atoms with E-state index in [1.807, 2.05) is 6.92 Å². The van der Waals surface area contributed by atoms with Crippen molar-refractivity contribution in [2.24, 2.45) is 15.0 Å². The van der Waals surface area contributed by atoms with Gasteiger partial charge < -0.3 is 22.6 Å². The number of nitrogens with zero attached hydrogens (tertiary/aromatic N) is 5. The van der Waals surface area contributed by atoms with E-state index in [4.69, 9.17) is 0 Å². The van der Waals surface area contributed by atoms with Gasteiger partial charge in [0.15, 0.2) is 0 Å². The molecule has 0 bridgehead atoms. The Morgan fingerprint density at radius 1 is 1.25 bits per heavy atom. The molecule has 0 fully saturated rings. The third-order valence-electron chi connectivity index (χ3n) is 3.22. The van der Waals surface area contributed by atoms with Gasteiger partial charge in [-0.15, -0.1) is 12.4 Å². The van der Waals surface area contributed by atoms with Gasteiger partial charge in [-0.3, -0.25) is 4.48 Å². The van der Waals surface area contributed by atoms with Crippen molar-refractivity contribution in [3.8, 4) is 0 Å². The van der Waals surface area contributed by atoms with Crippen LogP contribution in [0.25, 0.3) is 0 Å². The predicted octanol–water partition coefficient (Wildman–Crippen LogP) is -1.01. The van der Waals surface area contributed by atoms with Gasteiger partial charge in [0.2, 0.25) is 0 Å². The Bertz CT molecular complexity index is 377. The topological polar surface area (TPSA) is 52.4 Å². The molecule has 1 N–H and O–H groups in total. The first-order valence-electron chi connectivity index (χ1n) is 8.28. The first kappa shape index (κ1) is 28.2. The minimum atomic E-state index is 0. The molecule has 0 saturated carbocycles. The average Bonchev–Trinajstić information content (AvgIpc) is 2.45. The van der Waals surface area contributed by atoms with Crippen LogP contribution in [0.3, 0.4) is 0 Å². The van der Waals surface area contributed by atoms with Crippen molar-refractivity contribution >= 4 is 24.4 Å². The standard InChI is InChI=1S/C8H18N3.C8H17N3.2ClH/c1-4-9-8-10-6-5-7-11(8,2)3;1-4-9-8-10-6-5-7-11(2)3;;/h4-7H2,1-3H3,(H,9,10);4-7H2,1-3H3;2*1H/q+1;;;/p-1. The normalized spacial score (nSPS) is 14.7. The van der Waals surface area contributed by atoms with Crippen LogP contribution in [0, 0.1) is 0 Å². The molecule has 1 heterocycles. The lowest BCUT2D eigenvalue weighted by Gasteiger charge is -2.32. The van der Waals surface area contributed by atoms with Gasteiger partial charge in [-0.2, -0.15) is 0 Å². The fourth-order valence-corrected chi connectivity index (χ4v) is 2.01. The van der Waals surface area contributed by atoms with Crippen molar-refractivity contribution in [2.75, 3.05) is 67.5 Å². The van der Waals surface area contributed by atoms with E-state index in [0.29, 0.717) is 0 Å². The summed E-state index contributed by atoms with van der Waals surface area (Å²) in [6, 6.07) is 2.64. The molecule has 0 amide bonds. The molecule has 0 saturated heterocycles. The smallest absolute Gasteiger partial charge is 0.297 e. The third kappa shape index (κ3) is 14.9. The Morgan fingerprint density at radius 3 is 2.42 bits per heavy atom. The molecule has 0 aliphatic carbocycles. The highest BCUT2D eigenvalue weighted by atomic mass is 35.5. The summed E-state index contributed by atoms with van der Waals surface area (Å²) >= 11 is 0. The zero-order valence-electron chi connectivity index (χ0n) is 16.2. The number of aliphatic imine (C=N–C) groups is 3. The van der Waals surface area contributed by atoms with E-state index in [1.165, 1.54) is 13.0 Å². The summed E-state index contributed by atoms with van der Waals surface area (Å²) in [6.45, 7) is 9.94. The van der Waals surface area contributed by atoms with Crippen LogP contribution >= 0.6 is 12.4 Å². The predicted molar refractivity (Wildman–Crippen MR) is 103 cm³/mol. The molecular formula is C16H36Cl2N6. The van der Waals surface area contributed by atoms with Crippen LogP contribution in [0.15, 0.2) is 15.0 Å². The number of hydrogen-bond acceptors (Lipinski definition) is 5. The minimum absolute atomic E-state index is 0. The monoisotopic (exact) mass is 382 g/mol. The lowest BCUT2D eigenvalue weighted by Crippen LogP contribution is -3.00. The molecule has 6 nitrogen and oxygen atoms in total. The Morgan fingerprint density at radius 2 is 1.92 bits per heavy atom. The van der Waals surface area contributed by atoms with E-state index < -0.39 is 0 Å². The van der Waals surface area contributed by atoms with Crippen LogP contribution in [-0.2, 0) is 0 Å². The van der Waals surface area contributed by atoms with E-state index in [9.17, 15) is 0 Å². The van der Waals surface area contributed by atoms with Crippen LogP contribution in [-0.4, -0.2) is 88.8 Å². The van der Waals surface area contributed by atoms with Crippen LogP contribution in [0.4, 0.5) is 0 Å². The van der Waals surface area contributed by atoms with Gasteiger partial charge in [0, 0.05) is 19.5 Å². The summed E-state index contributed by atoms with van der Waals surface area (Å²) in [5.74, 6) is 1.14. The van der Waals surface area contributed by atoms with Crippen molar-refractivity contribution in [2.45, 2.75) is 26.7 Å². The number of rotatable bonds is 6. The zero-order valence-corrected chi connectivity index (χ0v) is 17.8. The minimum Gasteiger partial charge on any atom is -1.00 e. The van der Waals surface area contributed by atoms with Gasteiger partial charge >= 0.3 is 0 Å². The molecular weight excluding hydrogens is 347 g/mol. The van der Waals surface area contributed by atoms with E-state index >= 15 is 0 Å². The van der Waals surface area contributed by atoms with E-state index in [-0.39, 0.29) is 24.8 Å². The molecule has 0 radical (unpaired) electrons. The van der Waals surface area contributed by atoms with Crippen molar-refractivity contribution < 1.29 is 16.9 Å². The highest BCUT2D eigenvalue weighted by molar-refractivity contribution is 5.85. The zero-order chi connectivity index (χ0) is 16.8. The maximum absolute atomic E-state index is 4.45. The Balaban J connectivity index is -0.000000339. The van der Waals surface area contributed by atoms with Crippen molar-refractivity contribution in [1.82, 2.24) is 10.2 Å². The summed E-state index contributed by atoms with van der Waals surface area (Å²) in [5.41, 5.74) is 0. The Hall–Kier alpha value is -0.650. The van der Waals surface area contributed by atoms with Gasteiger partial charge in [-0.25, -0.2) is 15.0 Å². The molecule has 8 heteroatoms. The van der Waals surface area contributed by atoms with Crippen molar-refractivity contribution in [1.29, 1.82) is 0 Å². The second kappa shape index (κ2) is 17.2. The molecule has 1 aliphatic heterocycles. The summed E-state index contributed by atoms with van der Waals surface area (Å²) in [4.78, 5) is 14.4. The number of nitrogens with one attached hydrogen (secondary N) is 1. The highest BCUT2D eigenvalue weighted by Gasteiger charge is 2.25. The molecule has 1 rings (SSSR count). The molecule has 0 spiro atoms.